The third-order valence-electron chi connectivity index (χ3n) is 4.63. The van der Waals surface area contributed by atoms with E-state index in [1.165, 1.54) is 11.3 Å². The zero-order chi connectivity index (χ0) is 19.8. The molecule has 0 unspecified atom stereocenters. The van der Waals surface area contributed by atoms with Gasteiger partial charge in [0.15, 0.2) is 5.13 Å². The molecule has 0 fully saturated rings. The zero-order valence-electron chi connectivity index (χ0n) is 15.1. The predicted molar refractivity (Wildman–Crippen MR) is 119 cm³/mol. The van der Waals surface area contributed by atoms with Gasteiger partial charge in [-0.25, -0.2) is 14.5 Å². The first-order chi connectivity index (χ1) is 14.2. The van der Waals surface area contributed by atoms with Crippen molar-refractivity contribution >= 4 is 33.8 Å². The topological polar surface area (TPSA) is 47.8 Å². The molecule has 29 heavy (non-hydrogen) atoms. The van der Waals surface area contributed by atoms with Gasteiger partial charge < -0.3 is 0 Å². The molecule has 0 bridgehead atoms. The summed E-state index contributed by atoms with van der Waals surface area (Å²) in [5.74, 6) is 0.575. The minimum absolute atomic E-state index is 0.133. The van der Waals surface area contributed by atoms with Crippen molar-refractivity contribution in [1.29, 1.82) is 0 Å². The highest BCUT2D eigenvalue weighted by Crippen LogP contribution is 2.28. The molecular formula is C23H14ClN3OS. The van der Waals surface area contributed by atoms with Gasteiger partial charge in [-0.05, 0) is 24.3 Å². The maximum atomic E-state index is 13.4. The van der Waals surface area contributed by atoms with E-state index in [0.717, 1.165) is 16.8 Å². The van der Waals surface area contributed by atoms with E-state index in [0.29, 0.717) is 26.9 Å². The van der Waals surface area contributed by atoms with Crippen LogP contribution in [0.5, 0.6) is 0 Å². The van der Waals surface area contributed by atoms with E-state index < -0.39 is 0 Å². The lowest BCUT2D eigenvalue weighted by molar-refractivity contribution is 0.961. The molecule has 4 nitrogen and oxygen atoms in total. The van der Waals surface area contributed by atoms with Crippen molar-refractivity contribution in [3.05, 3.63) is 99.6 Å². The molecule has 140 valence electrons. The lowest BCUT2D eigenvalue weighted by atomic mass is 10.2. The molecule has 0 saturated heterocycles. The molecule has 0 N–H and O–H groups in total. The Morgan fingerprint density at radius 3 is 2.31 bits per heavy atom. The second-order valence-electron chi connectivity index (χ2n) is 6.48. The Balaban J connectivity index is 1.75. The summed E-state index contributed by atoms with van der Waals surface area (Å²) in [5.41, 5.74) is 3.13. The van der Waals surface area contributed by atoms with E-state index >= 15 is 0 Å². The van der Waals surface area contributed by atoms with Crippen LogP contribution in [0.25, 0.3) is 38.7 Å². The second kappa shape index (κ2) is 7.28. The third kappa shape index (κ3) is 3.24. The van der Waals surface area contributed by atoms with Gasteiger partial charge in [-0.2, -0.15) is 0 Å². The summed E-state index contributed by atoms with van der Waals surface area (Å²) >= 11 is 7.41. The standard InChI is InChI=1S/C23H14ClN3OS/c24-17-12-10-15(11-13-17)20-14-29-23(26-20)27-21(16-6-2-1-3-7-16)25-19-9-5-4-8-18(19)22(27)28/h1-14H. The highest BCUT2D eigenvalue weighted by atomic mass is 35.5. The molecule has 0 aliphatic heterocycles. The van der Waals surface area contributed by atoms with Gasteiger partial charge in [0.1, 0.15) is 5.82 Å². The van der Waals surface area contributed by atoms with Crippen LogP contribution in [-0.4, -0.2) is 14.5 Å². The molecule has 0 amide bonds. The normalized spacial score (nSPS) is 11.1. The summed E-state index contributed by atoms with van der Waals surface area (Å²) in [4.78, 5) is 22.9. The summed E-state index contributed by atoms with van der Waals surface area (Å²) < 4.78 is 1.60. The van der Waals surface area contributed by atoms with E-state index in [1.807, 2.05) is 78.2 Å². The smallest absolute Gasteiger partial charge is 0.268 e. The van der Waals surface area contributed by atoms with Crippen LogP contribution < -0.4 is 5.56 Å². The summed E-state index contributed by atoms with van der Waals surface area (Å²) in [6.45, 7) is 0. The summed E-state index contributed by atoms with van der Waals surface area (Å²) in [6.07, 6.45) is 0. The van der Waals surface area contributed by atoms with Crippen molar-refractivity contribution in [2.45, 2.75) is 0 Å². The lowest BCUT2D eigenvalue weighted by Gasteiger charge is -2.11. The Labute approximate surface area is 175 Å². The van der Waals surface area contributed by atoms with Crippen LogP contribution in [0.2, 0.25) is 5.02 Å². The van der Waals surface area contributed by atoms with Crippen molar-refractivity contribution in [1.82, 2.24) is 14.5 Å². The Bertz CT molecular complexity index is 1380. The van der Waals surface area contributed by atoms with Gasteiger partial charge in [-0.1, -0.05) is 66.2 Å². The molecule has 3 aromatic carbocycles. The van der Waals surface area contributed by atoms with Crippen LogP contribution in [0.4, 0.5) is 0 Å². The van der Waals surface area contributed by atoms with Crippen LogP contribution in [-0.2, 0) is 0 Å². The van der Waals surface area contributed by atoms with Gasteiger partial charge >= 0.3 is 0 Å². The number of hydrogen-bond acceptors (Lipinski definition) is 4. The number of rotatable bonds is 3. The number of fused-ring (bicyclic) bond motifs is 1. The quantitative estimate of drug-likeness (QED) is 0.372. The largest absolute Gasteiger partial charge is 0.268 e. The van der Waals surface area contributed by atoms with Crippen molar-refractivity contribution < 1.29 is 0 Å². The highest BCUT2D eigenvalue weighted by Gasteiger charge is 2.17. The first-order valence-corrected chi connectivity index (χ1v) is 10.3. The monoisotopic (exact) mass is 415 g/mol. The number of aromatic nitrogens is 3. The Kier molecular flexibility index (Phi) is 4.46. The maximum absolute atomic E-state index is 13.4. The molecule has 0 aliphatic carbocycles. The first-order valence-electron chi connectivity index (χ1n) is 9.00. The number of nitrogens with zero attached hydrogens (tertiary/aromatic N) is 3. The molecule has 0 saturated carbocycles. The van der Waals surface area contributed by atoms with Crippen molar-refractivity contribution in [2.24, 2.45) is 0 Å². The molecule has 0 spiro atoms. The number of halogens is 1. The fourth-order valence-corrected chi connectivity index (χ4v) is 4.17. The molecule has 0 atom stereocenters. The number of thiazole rings is 1. The van der Waals surface area contributed by atoms with Crippen LogP contribution in [0, 0.1) is 0 Å². The molecule has 2 heterocycles. The summed E-state index contributed by atoms with van der Waals surface area (Å²) in [5, 5.41) is 3.76. The number of hydrogen-bond donors (Lipinski definition) is 0. The van der Waals surface area contributed by atoms with Crippen LogP contribution in [0.1, 0.15) is 0 Å². The fraction of sp³-hybridized carbons (Fsp3) is 0. The predicted octanol–water partition coefficient (Wildman–Crippen LogP) is 5.83. The Morgan fingerprint density at radius 2 is 1.52 bits per heavy atom. The van der Waals surface area contributed by atoms with Crippen LogP contribution in [0.3, 0.4) is 0 Å². The van der Waals surface area contributed by atoms with Gasteiger partial charge in [0.2, 0.25) is 0 Å². The van der Waals surface area contributed by atoms with Crippen molar-refractivity contribution in [2.75, 3.05) is 0 Å². The van der Waals surface area contributed by atoms with Crippen molar-refractivity contribution in [3.8, 4) is 27.8 Å². The van der Waals surface area contributed by atoms with Gasteiger partial charge in [-0.15, -0.1) is 11.3 Å². The van der Waals surface area contributed by atoms with E-state index in [9.17, 15) is 4.79 Å². The van der Waals surface area contributed by atoms with Gasteiger partial charge in [-0.3, -0.25) is 4.79 Å². The second-order valence-corrected chi connectivity index (χ2v) is 7.75. The highest BCUT2D eigenvalue weighted by molar-refractivity contribution is 7.12. The molecule has 5 aromatic rings. The summed E-state index contributed by atoms with van der Waals surface area (Å²) in [7, 11) is 0. The number of benzene rings is 3. The molecular weight excluding hydrogens is 402 g/mol. The van der Waals surface area contributed by atoms with E-state index in [1.54, 1.807) is 10.6 Å². The molecule has 5 rings (SSSR count). The van der Waals surface area contributed by atoms with Gasteiger partial charge in [0.05, 0.1) is 16.6 Å². The molecule has 6 heteroatoms. The van der Waals surface area contributed by atoms with E-state index in [-0.39, 0.29) is 5.56 Å². The van der Waals surface area contributed by atoms with Crippen molar-refractivity contribution in [3.63, 3.8) is 0 Å². The average Bonchev–Trinajstić information content (AvgIpc) is 3.24. The van der Waals surface area contributed by atoms with Crippen LogP contribution >= 0.6 is 22.9 Å². The fourth-order valence-electron chi connectivity index (χ4n) is 3.21. The van der Waals surface area contributed by atoms with E-state index in [2.05, 4.69) is 0 Å². The van der Waals surface area contributed by atoms with Gasteiger partial charge in [0.25, 0.3) is 5.56 Å². The molecule has 0 radical (unpaired) electrons. The maximum Gasteiger partial charge on any atom is 0.268 e. The summed E-state index contributed by atoms with van der Waals surface area (Å²) in [6, 6.07) is 24.6. The van der Waals surface area contributed by atoms with Crippen LogP contribution in [0.15, 0.2) is 89.0 Å². The molecule has 2 aromatic heterocycles. The SMILES string of the molecule is O=c1c2ccccc2nc(-c2ccccc2)n1-c1nc(-c2ccc(Cl)cc2)cs1. The van der Waals surface area contributed by atoms with E-state index in [4.69, 9.17) is 21.6 Å². The molecule has 0 aliphatic rings. The average molecular weight is 416 g/mol. The Morgan fingerprint density at radius 1 is 0.793 bits per heavy atom. The lowest BCUT2D eigenvalue weighted by Crippen LogP contribution is -2.21. The minimum Gasteiger partial charge on any atom is -0.268 e. The first kappa shape index (κ1) is 17.8. The minimum atomic E-state index is -0.133. The third-order valence-corrected chi connectivity index (χ3v) is 5.71. The zero-order valence-corrected chi connectivity index (χ0v) is 16.7. The number of para-hydroxylation sites is 1. The van der Waals surface area contributed by atoms with Gasteiger partial charge in [0, 0.05) is 21.5 Å². The Hall–Kier alpha value is -3.28.